The van der Waals surface area contributed by atoms with Crippen molar-refractivity contribution in [3.05, 3.63) is 30.4 Å². The molecule has 4 nitrogen and oxygen atoms in total. The third-order valence-corrected chi connectivity index (χ3v) is 2.75. The van der Waals surface area contributed by atoms with Gasteiger partial charge in [0.05, 0.1) is 21.3 Å². The van der Waals surface area contributed by atoms with Gasteiger partial charge in [0.25, 0.3) is 0 Å². The molecule has 0 bridgehead atoms. The Balaban J connectivity index is 2.98. The molecule has 1 aromatic rings. The van der Waals surface area contributed by atoms with Gasteiger partial charge in [0, 0.05) is 24.2 Å². The van der Waals surface area contributed by atoms with E-state index in [1.54, 1.807) is 21.3 Å². The molecule has 0 saturated carbocycles. The van der Waals surface area contributed by atoms with Gasteiger partial charge in [0.1, 0.15) is 5.75 Å². The fraction of sp³-hybridized carbons (Fsp3) is 0.429. The molecule has 0 fully saturated rings. The van der Waals surface area contributed by atoms with Crippen molar-refractivity contribution in [2.45, 2.75) is 19.5 Å². The van der Waals surface area contributed by atoms with Crippen molar-refractivity contribution in [1.82, 2.24) is 5.32 Å². The molecule has 1 unspecified atom stereocenters. The first kappa shape index (κ1) is 14.4. The lowest BCUT2D eigenvalue weighted by molar-refractivity contribution is 0.347. The molecule has 0 saturated heterocycles. The fourth-order valence-corrected chi connectivity index (χ4v) is 1.58. The Labute approximate surface area is 109 Å². The highest BCUT2D eigenvalue weighted by Gasteiger charge is 2.11. The Morgan fingerprint density at radius 2 is 1.67 bits per heavy atom. The highest BCUT2D eigenvalue weighted by molar-refractivity contribution is 5.50. The summed E-state index contributed by atoms with van der Waals surface area (Å²) in [6.07, 6.45) is 1.85. The molecule has 1 N–H and O–H groups in total. The molecular formula is C14H21NO3. The van der Waals surface area contributed by atoms with E-state index in [2.05, 4.69) is 11.9 Å². The Bertz CT molecular complexity index is 404. The number of hydrogen-bond donors (Lipinski definition) is 1. The average molecular weight is 251 g/mol. The first-order chi connectivity index (χ1) is 8.65. The number of methoxy groups -OCH3 is 3. The van der Waals surface area contributed by atoms with E-state index < -0.39 is 0 Å². The third kappa shape index (κ3) is 3.40. The lowest BCUT2D eigenvalue weighted by atomic mass is 10.1. The molecule has 0 aromatic heterocycles. The molecule has 1 aromatic carbocycles. The molecule has 1 rings (SSSR count). The van der Waals surface area contributed by atoms with Gasteiger partial charge in [-0.1, -0.05) is 6.08 Å². The van der Waals surface area contributed by atoms with Crippen molar-refractivity contribution in [3.63, 3.8) is 0 Å². The van der Waals surface area contributed by atoms with Gasteiger partial charge in [-0.25, -0.2) is 0 Å². The fourth-order valence-electron chi connectivity index (χ4n) is 1.58. The van der Waals surface area contributed by atoms with E-state index in [9.17, 15) is 0 Å². The minimum absolute atomic E-state index is 0.239. The van der Waals surface area contributed by atoms with Crippen LogP contribution in [-0.2, 0) is 6.54 Å². The maximum Gasteiger partial charge on any atom is 0.164 e. The number of rotatable bonds is 7. The Hall–Kier alpha value is -1.68. The minimum Gasteiger partial charge on any atom is -0.496 e. The van der Waals surface area contributed by atoms with Gasteiger partial charge in [-0.3, -0.25) is 0 Å². The number of hydrogen-bond acceptors (Lipinski definition) is 4. The van der Waals surface area contributed by atoms with Crippen LogP contribution in [0.2, 0.25) is 0 Å². The molecule has 0 aliphatic rings. The van der Waals surface area contributed by atoms with Crippen LogP contribution in [0.15, 0.2) is 24.8 Å². The Morgan fingerprint density at radius 1 is 1.11 bits per heavy atom. The van der Waals surface area contributed by atoms with Gasteiger partial charge in [-0.05, 0) is 13.0 Å². The van der Waals surface area contributed by atoms with Crippen molar-refractivity contribution in [2.75, 3.05) is 21.3 Å². The van der Waals surface area contributed by atoms with Gasteiger partial charge in [-0.15, -0.1) is 6.58 Å². The maximum absolute atomic E-state index is 5.35. The van der Waals surface area contributed by atoms with Crippen LogP contribution in [0.5, 0.6) is 17.2 Å². The summed E-state index contributed by atoms with van der Waals surface area (Å²) in [5.41, 5.74) is 1.02. The van der Waals surface area contributed by atoms with E-state index in [1.807, 2.05) is 25.1 Å². The van der Waals surface area contributed by atoms with Crippen molar-refractivity contribution >= 4 is 0 Å². The van der Waals surface area contributed by atoms with Gasteiger partial charge in [0.2, 0.25) is 0 Å². The van der Waals surface area contributed by atoms with Crippen LogP contribution >= 0.6 is 0 Å². The summed E-state index contributed by atoms with van der Waals surface area (Å²) in [6, 6.07) is 3.98. The van der Waals surface area contributed by atoms with Crippen LogP contribution in [0, 0.1) is 0 Å². The quantitative estimate of drug-likeness (QED) is 0.755. The number of ether oxygens (including phenoxy) is 3. The summed E-state index contributed by atoms with van der Waals surface area (Å²) in [5, 5.41) is 3.32. The standard InChI is InChI=1S/C14H21NO3/c1-6-10(2)15-9-11-7-13(17-4)14(18-5)8-12(11)16-3/h6-8,10,15H,1,9H2,2-5H3. The topological polar surface area (TPSA) is 39.7 Å². The van der Waals surface area contributed by atoms with E-state index in [4.69, 9.17) is 14.2 Å². The van der Waals surface area contributed by atoms with Crippen LogP contribution in [0.4, 0.5) is 0 Å². The molecule has 0 heterocycles. The summed E-state index contributed by atoms with van der Waals surface area (Å²) in [5.74, 6) is 2.13. The predicted molar refractivity (Wildman–Crippen MR) is 72.6 cm³/mol. The molecule has 0 amide bonds. The van der Waals surface area contributed by atoms with Crippen LogP contribution in [-0.4, -0.2) is 27.4 Å². The zero-order chi connectivity index (χ0) is 13.5. The van der Waals surface area contributed by atoms with E-state index >= 15 is 0 Å². The van der Waals surface area contributed by atoms with Crippen molar-refractivity contribution in [3.8, 4) is 17.2 Å². The molecule has 4 heteroatoms. The lowest BCUT2D eigenvalue weighted by Gasteiger charge is -2.15. The van der Waals surface area contributed by atoms with E-state index in [0.29, 0.717) is 18.0 Å². The first-order valence-electron chi connectivity index (χ1n) is 5.81. The summed E-state index contributed by atoms with van der Waals surface area (Å²) < 4.78 is 15.9. The maximum atomic E-state index is 5.35. The van der Waals surface area contributed by atoms with Crippen LogP contribution in [0.1, 0.15) is 12.5 Å². The third-order valence-electron chi connectivity index (χ3n) is 2.75. The van der Waals surface area contributed by atoms with Crippen molar-refractivity contribution < 1.29 is 14.2 Å². The molecule has 100 valence electrons. The second-order valence-corrected chi connectivity index (χ2v) is 3.92. The summed E-state index contributed by atoms with van der Waals surface area (Å²) in [4.78, 5) is 0. The van der Waals surface area contributed by atoms with Gasteiger partial charge in [-0.2, -0.15) is 0 Å². The van der Waals surface area contributed by atoms with Crippen LogP contribution < -0.4 is 19.5 Å². The highest BCUT2D eigenvalue weighted by Crippen LogP contribution is 2.34. The van der Waals surface area contributed by atoms with Crippen molar-refractivity contribution in [2.24, 2.45) is 0 Å². The summed E-state index contributed by atoms with van der Waals surface area (Å²) in [7, 11) is 4.87. The second kappa shape index (κ2) is 6.91. The van der Waals surface area contributed by atoms with Crippen LogP contribution in [0.3, 0.4) is 0 Å². The second-order valence-electron chi connectivity index (χ2n) is 3.92. The molecule has 0 radical (unpaired) electrons. The van der Waals surface area contributed by atoms with E-state index in [0.717, 1.165) is 11.3 Å². The van der Waals surface area contributed by atoms with E-state index in [1.165, 1.54) is 0 Å². The zero-order valence-corrected chi connectivity index (χ0v) is 11.4. The predicted octanol–water partition coefficient (Wildman–Crippen LogP) is 2.38. The SMILES string of the molecule is C=CC(C)NCc1cc(OC)c(OC)cc1OC. The van der Waals surface area contributed by atoms with Gasteiger partial charge >= 0.3 is 0 Å². The van der Waals surface area contributed by atoms with Crippen molar-refractivity contribution in [1.29, 1.82) is 0 Å². The van der Waals surface area contributed by atoms with Gasteiger partial charge in [0.15, 0.2) is 11.5 Å². The first-order valence-corrected chi connectivity index (χ1v) is 5.81. The number of benzene rings is 1. The Kier molecular flexibility index (Phi) is 5.52. The molecule has 0 aliphatic carbocycles. The molecule has 1 atom stereocenters. The van der Waals surface area contributed by atoms with Crippen LogP contribution in [0.25, 0.3) is 0 Å². The molecule has 18 heavy (non-hydrogen) atoms. The largest absolute Gasteiger partial charge is 0.496 e. The average Bonchev–Trinajstić information content (AvgIpc) is 2.43. The number of nitrogens with one attached hydrogen (secondary N) is 1. The Morgan fingerprint density at radius 3 is 2.17 bits per heavy atom. The minimum atomic E-state index is 0.239. The lowest BCUT2D eigenvalue weighted by Crippen LogP contribution is -2.23. The van der Waals surface area contributed by atoms with E-state index in [-0.39, 0.29) is 6.04 Å². The normalized spacial score (nSPS) is 11.8. The smallest absolute Gasteiger partial charge is 0.164 e. The molecule has 0 aliphatic heterocycles. The zero-order valence-electron chi connectivity index (χ0n) is 11.4. The highest BCUT2D eigenvalue weighted by atomic mass is 16.5. The van der Waals surface area contributed by atoms with Gasteiger partial charge < -0.3 is 19.5 Å². The molecular weight excluding hydrogens is 230 g/mol. The summed E-state index contributed by atoms with van der Waals surface area (Å²) >= 11 is 0. The monoisotopic (exact) mass is 251 g/mol. The molecule has 0 spiro atoms. The summed E-state index contributed by atoms with van der Waals surface area (Å²) in [6.45, 7) is 6.46.